The van der Waals surface area contributed by atoms with Crippen LogP contribution in [0.4, 0.5) is 5.69 Å². The molecule has 0 saturated carbocycles. The maximum atomic E-state index is 11.8. The standard InChI is InChI=1S/C12H16ClN3O4/c1-7-5-16(6-9(20-7)12(18)19-3)8-4-14-15(2)11(17)10(8)13/h4,7,9H,5-6H2,1-3H3/t7-,9?/m0/s1. The molecule has 1 aromatic heterocycles. The summed E-state index contributed by atoms with van der Waals surface area (Å²) < 4.78 is 11.4. The molecule has 7 nitrogen and oxygen atoms in total. The number of ether oxygens (including phenoxy) is 2. The summed E-state index contributed by atoms with van der Waals surface area (Å²) in [5, 5.41) is 4.03. The smallest absolute Gasteiger partial charge is 0.336 e. The molecule has 8 heteroatoms. The predicted molar refractivity (Wildman–Crippen MR) is 73.1 cm³/mol. The van der Waals surface area contributed by atoms with E-state index in [-0.39, 0.29) is 23.2 Å². The summed E-state index contributed by atoms with van der Waals surface area (Å²) >= 11 is 6.07. The van der Waals surface area contributed by atoms with Crippen LogP contribution in [0.3, 0.4) is 0 Å². The van der Waals surface area contributed by atoms with Crippen molar-refractivity contribution in [2.24, 2.45) is 7.05 Å². The third-order valence-corrected chi connectivity index (χ3v) is 3.48. The number of nitrogens with zero attached hydrogens (tertiary/aromatic N) is 3. The van der Waals surface area contributed by atoms with Crippen molar-refractivity contribution in [2.75, 3.05) is 25.1 Å². The molecule has 0 N–H and O–H groups in total. The van der Waals surface area contributed by atoms with Gasteiger partial charge in [-0.05, 0) is 6.92 Å². The third-order valence-electron chi connectivity index (χ3n) is 3.12. The molecular weight excluding hydrogens is 286 g/mol. The van der Waals surface area contributed by atoms with Gasteiger partial charge in [0.2, 0.25) is 0 Å². The lowest BCUT2D eigenvalue weighted by Crippen LogP contribution is -2.50. The van der Waals surface area contributed by atoms with Crippen molar-refractivity contribution in [2.45, 2.75) is 19.1 Å². The van der Waals surface area contributed by atoms with Crippen molar-refractivity contribution < 1.29 is 14.3 Å². The maximum absolute atomic E-state index is 11.8. The number of methoxy groups -OCH3 is 1. The van der Waals surface area contributed by atoms with Crippen molar-refractivity contribution >= 4 is 23.3 Å². The van der Waals surface area contributed by atoms with E-state index in [1.54, 1.807) is 0 Å². The summed E-state index contributed by atoms with van der Waals surface area (Å²) in [5.41, 5.74) is 0.122. The summed E-state index contributed by atoms with van der Waals surface area (Å²) in [6, 6.07) is 0. The largest absolute Gasteiger partial charge is 0.467 e. The van der Waals surface area contributed by atoms with Gasteiger partial charge in [-0.2, -0.15) is 5.10 Å². The van der Waals surface area contributed by atoms with Crippen LogP contribution in [0, 0.1) is 0 Å². The summed E-state index contributed by atoms with van der Waals surface area (Å²) in [7, 11) is 2.83. The Bertz CT molecular complexity index is 574. The molecule has 1 unspecified atom stereocenters. The molecule has 0 aliphatic carbocycles. The van der Waals surface area contributed by atoms with Crippen LogP contribution in [0.5, 0.6) is 0 Å². The Kier molecular flexibility index (Phi) is 4.29. The minimum Gasteiger partial charge on any atom is -0.467 e. The van der Waals surface area contributed by atoms with Gasteiger partial charge in [0.1, 0.15) is 5.02 Å². The SMILES string of the molecule is COC(=O)C1CN(c2cnn(C)c(=O)c2Cl)C[C@H](C)O1. The van der Waals surface area contributed by atoms with E-state index in [1.165, 1.54) is 20.4 Å². The Balaban J connectivity index is 2.30. The van der Waals surface area contributed by atoms with Crippen LogP contribution in [0.25, 0.3) is 0 Å². The first-order valence-electron chi connectivity index (χ1n) is 6.14. The van der Waals surface area contributed by atoms with Gasteiger partial charge in [0.25, 0.3) is 5.56 Å². The Morgan fingerprint density at radius 2 is 2.25 bits per heavy atom. The quantitative estimate of drug-likeness (QED) is 0.727. The molecule has 1 aliphatic heterocycles. The fraction of sp³-hybridized carbons (Fsp3) is 0.583. The van der Waals surface area contributed by atoms with E-state index in [2.05, 4.69) is 5.10 Å². The number of morpholine rings is 1. The van der Waals surface area contributed by atoms with Crippen molar-refractivity contribution in [3.8, 4) is 0 Å². The Hall–Kier alpha value is -1.60. The molecule has 1 aliphatic rings. The molecule has 1 saturated heterocycles. The molecular formula is C12H16ClN3O4. The van der Waals surface area contributed by atoms with Crippen molar-refractivity contribution in [1.29, 1.82) is 0 Å². The average Bonchev–Trinajstić information content (AvgIpc) is 2.43. The first kappa shape index (κ1) is 14.8. The Labute approximate surface area is 121 Å². The second kappa shape index (κ2) is 5.80. The Morgan fingerprint density at radius 3 is 2.90 bits per heavy atom. The van der Waals surface area contributed by atoms with E-state index in [1.807, 2.05) is 11.8 Å². The number of carbonyl (C=O) groups is 1. The monoisotopic (exact) mass is 301 g/mol. The number of aromatic nitrogens is 2. The minimum atomic E-state index is -0.705. The van der Waals surface area contributed by atoms with E-state index in [0.29, 0.717) is 12.2 Å². The van der Waals surface area contributed by atoms with Gasteiger partial charge >= 0.3 is 5.97 Å². The maximum Gasteiger partial charge on any atom is 0.336 e. The second-order valence-electron chi connectivity index (χ2n) is 4.64. The van der Waals surface area contributed by atoms with E-state index in [0.717, 1.165) is 4.68 Å². The van der Waals surface area contributed by atoms with Gasteiger partial charge in [-0.25, -0.2) is 9.48 Å². The highest BCUT2D eigenvalue weighted by Gasteiger charge is 2.32. The third kappa shape index (κ3) is 2.78. The summed E-state index contributed by atoms with van der Waals surface area (Å²) in [4.78, 5) is 25.2. The molecule has 110 valence electrons. The molecule has 2 heterocycles. The lowest BCUT2D eigenvalue weighted by molar-refractivity contribution is -0.158. The van der Waals surface area contributed by atoms with Crippen LogP contribution >= 0.6 is 11.6 Å². The molecule has 0 aromatic carbocycles. The number of rotatable bonds is 2. The molecule has 0 amide bonds. The molecule has 20 heavy (non-hydrogen) atoms. The minimum absolute atomic E-state index is 0.0835. The zero-order valence-corrected chi connectivity index (χ0v) is 12.3. The molecule has 0 radical (unpaired) electrons. The van der Waals surface area contributed by atoms with Crippen LogP contribution in [0.15, 0.2) is 11.0 Å². The van der Waals surface area contributed by atoms with Gasteiger partial charge in [0.05, 0.1) is 31.6 Å². The van der Waals surface area contributed by atoms with Crippen LogP contribution < -0.4 is 10.5 Å². The lowest BCUT2D eigenvalue weighted by Gasteiger charge is -2.36. The van der Waals surface area contributed by atoms with E-state index >= 15 is 0 Å². The number of aryl methyl sites for hydroxylation is 1. The normalized spacial score (nSPS) is 22.7. The summed E-state index contributed by atoms with van der Waals surface area (Å²) in [6.07, 6.45) is 0.618. The number of hydrogen-bond acceptors (Lipinski definition) is 6. The number of esters is 1. The topological polar surface area (TPSA) is 73.7 Å². The second-order valence-corrected chi connectivity index (χ2v) is 5.01. The first-order valence-corrected chi connectivity index (χ1v) is 6.52. The first-order chi connectivity index (χ1) is 9.43. The van der Waals surface area contributed by atoms with Crippen LogP contribution in [-0.4, -0.2) is 48.2 Å². The molecule has 2 rings (SSSR count). The Morgan fingerprint density at radius 1 is 1.55 bits per heavy atom. The van der Waals surface area contributed by atoms with E-state index < -0.39 is 12.1 Å². The van der Waals surface area contributed by atoms with Crippen LogP contribution in [0.1, 0.15) is 6.92 Å². The summed E-state index contributed by atoms with van der Waals surface area (Å²) in [6.45, 7) is 2.62. The molecule has 0 bridgehead atoms. The van der Waals surface area contributed by atoms with Gasteiger partial charge in [0.15, 0.2) is 6.10 Å². The van der Waals surface area contributed by atoms with Crippen molar-refractivity contribution in [3.63, 3.8) is 0 Å². The highest BCUT2D eigenvalue weighted by molar-refractivity contribution is 6.33. The molecule has 2 atom stereocenters. The fourth-order valence-electron chi connectivity index (χ4n) is 2.13. The van der Waals surface area contributed by atoms with Gasteiger partial charge in [0, 0.05) is 13.6 Å². The van der Waals surface area contributed by atoms with Crippen LogP contribution in [0.2, 0.25) is 5.02 Å². The fourth-order valence-corrected chi connectivity index (χ4v) is 2.42. The van der Waals surface area contributed by atoms with Crippen LogP contribution in [-0.2, 0) is 21.3 Å². The van der Waals surface area contributed by atoms with Gasteiger partial charge < -0.3 is 14.4 Å². The van der Waals surface area contributed by atoms with Crippen molar-refractivity contribution in [1.82, 2.24) is 9.78 Å². The molecule has 1 fully saturated rings. The van der Waals surface area contributed by atoms with E-state index in [4.69, 9.17) is 21.1 Å². The van der Waals surface area contributed by atoms with Gasteiger partial charge in [-0.3, -0.25) is 4.79 Å². The highest BCUT2D eigenvalue weighted by Crippen LogP contribution is 2.25. The summed E-state index contributed by atoms with van der Waals surface area (Å²) in [5.74, 6) is -0.450. The lowest BCUT2D eigenvalue weighted by atomic mass is 10.2. The average molecular weight is 302 g/mol. The van der Waals surface area contributed by atoms with E-state index in [9.17, 15) is 9.59 Å². The predicted octanol–water partition coefficient (Wildman–Crippen LogP) is 0.200. The zero-order valence-electron chi connectivity index (χ0n) is 11.5. The number of hydrogen-bond donors (Lipinski definition) is 0. The molecule has 0 spiro atoms. The number of carbonyl (C=O) groups excluding carboxylic acids is 1. The zero-order chi connectivity index (χ0) is 14.9. The highest BCUT2D eigenvalue weighted by atomic mass is 35.5. The number of anilines is 1. The van der Waals surface area contributed by atoms with Gasteiger partial charge in [-0.1, -0.05) is 11.6 Å². The molecule has 1 aromatic rings. The van der Waals surface area contributed by atoms with Gasteiger partial charge in [-0.15, -0.1) is 0 Å². The number of halogens is 1. The van der Waals surface area contributed by atoms with Crippen molar-refractivity contribution in [3.05, 3.63) is 21.6 Å².